The molecule has 0 saturated heterocycles. The number of benzene rings is 1. The molecule has 3 rings (SSSR count). The average Bonchev–Trinajstić information content (AvgIpc) is 3.08. The third-order valence-corrected chi connectivity index (χ3v) is 4.36. The zero-order valence-electron chi connectivity index (χ0n) is 17.2. The Bertz CT molecular complexity index is 1110. The van der Waals surface area contributed by atoms with Crippen LogP contribution in [0.3, 0.4) is 0 Å². The van der Waals surface area contributed by atoms with E-state index in [1.165, 1.54) is 19.1 Å². The Balaban J connectivity index is 1.73. The molecule has 9 heteroatoms. The van der Waals surface area contributed by atoms with E-state index in [4.69, 9.17) is 9.26 Å². The van der Waals surface area contributed by atoms with Crippen LogP contribution in [0, 0.1) is 13.8 Å². The second-order valence-corrected chi connectivity index (χ2v) is 6.78. The largest absolute Gasteiger partial charge is 0.573 e. The molecule has 0 N–H and O–H groups in total. The number of rotatable bonds is 7. The Morgan fingerprint density at radius 3 is 2.55 bits per heavy atom. The molecule has 0 aliphatic heterocycles. The van der Waals surface area contributed by atoms with Crippen molar-refractivity contribution in [1.82, 2.24) is 15.1 Å². The molecule has 0 atom stereocenters. The normalized spacial score (nSPS) is 12.0. The van der Waals surface area contributed by atoms with E-state index in [1.807, 2.05) is 6.92 Å². The van der Waals surface area contributed by atoms with Gasteiger partial charge in [0.2, 0.25) is 0 Å². The second-order valence-electron chi connectivity index (χ2n) is 6.78. The summed E-state index contributed by atoms with van der Waals surface area (Å²) >= 11 is 0. The highest BCUT2D eigenvalue weighted by molar-refractivity contribution is 5.82. The van der Waals surface area contributed by atoms with Crippen LogP contribution in [-0.4, -0.2) is 21.5 Å². The number of hydrogen-bond donors (Lipinski definition) is 0. The van der Waals surface area contributed by atoms with Gasteiger partial charge in [-0.3, -0.25) is 0 Å². The number of aromatic nitrogens is 3. The van der Waals surface area contributed by atoms with E-state index in [2.05, 4.69) is 26.4 Å². The maximum absolute atomic E-state index is 12.4. The molecule has 3 aromatic rings. The number of halogens is 3. The summed E-state index contributed by atoms with van der Waals surface area (Å²) in [4.78, 5) is 8.16. The molecule has 0 radical (unpaired) electrons. The highest BCUT2D eigenvalue weighted by Gasteiger charge is 2.31. The molecule has 1 aromatic carbocycles. The Morgan fingerprint density at radius 2 is 1.90 bits per heavy atom. The topological polar surface area (TPSA) is 70.3 Å². The van der Waals surface area contributed by atoms with Gasteiger partial charge in [-0.1, -0.05) is 12.6 Å². The highest BCUT2D eigenvalue weighted by atomic mass is 19.4. The molecule has 0 aliphatic rings. The van der Waals surface area contributed by atoms with Gasteiger partial charge in [-0.2, -0.15) is 0 Å². The van der Waals surface area contributed by atoms with Crippen molar-refractivity contribution >= 4 is 11.1 Å². The zero-order valence-corrected chi connectivity index (χ0v) is 17.2. The Labute approximate surface area is 177 Å². The SMILES string of the molecule is C=C(C=C(C)c1onc(OCc2ncccn2)c1C)c1ccc(OC(F)(F)F)c(C)c1. The fourth-order valence-corrected chi connectivity index (χ4v) is 2.86. The van der Waals surface area contributed by atoms with E-state index in [9.17, 15) is 13.2 Å². The molecule has 2 heterocycles. The van der Waals surface area contributed by atoms with Gasteiger partial charge in [-0.15, -0.1) is 13.2 Å². The lowest BCUT2D eigenvalue weighted by Crippen LogP contribution is -2.17. The summed E-state index contributed by atoms with van der Waals surface area (Å²) in [6.45, 7) is 9.31. The zero-order chi connectivity index (χ0) is 22.6. The van der Waals surface area contributed by atoms with Crippen LogP contribution in [0.5, 0.6) is 11.6 Å². The van der Waals surface area contributed by atoms with Crippen LogP contribution < -0.4 is 9.47 Å². The van der Waals surface area contributed by atoms with Crippen molar-refractivity contribution in [2.24, 2.45) is 0 Å². The van der Waals surface area contributed by atoms with Crippen LogP contribution in [0.15, 0.2) is 53.8 Å². The Hall–Kier alpha value is -3.62. The predicted octanol–water partition coefficient (Wildman–Crippen LogP) is 5.68. The van der Waals surface area contributed by atoms with Gasteiger partial charge in [0.05, 0.1) is 5.56 Å². The molecule has 0 unspecified atom stereocenters. The molecule has 0 aliphatic carbocycles. The number of alkyl halides is 3. The summed E-state index contributed by atoms with van der Waals surface area (Å²) in [5.41, 5.74) is 3.02. The van der Waals surface area contributed by atoms with Gasteiger partial charge in [0.25, 0.3) is 5.88 Å². The van der Waals surface area contributed by atoms with E-state index in [0.717, 1.165) is 5.57 Å². The molecule has 0 saturated carbocycles. The van der Waals surface area contributed by atoms with Crippen molar-refractivity contribution in [3.63, 3.8) is 0 Å². The van der Waals surface area contributed by atoms with Crippen LogP contribution in [0.1, 0.15) is 35.2 Å². The minimum absolute atomic E-state index is 0.148. The number of nitrogens with zero attached hydrogens (tertiary/aromatic N) is 3. The molecule has 0 amide bonds. The molecular weight excluding hydrogens is 411 g/mol. The first-order chi connectivity index (χ1) is 14.6. The summed E-state index contributed by atoms with van der Waals surface area (Å²) in [5, 5.41) is 3.95. The molecule has 0 fully saturated rings. The van der Waals surface area contributed by atoms with Crippen LogP contribution in [0.25, 0.3) is 11.1 Å². The summed E-state index contributed by atoms with van der Waals surface area (Å²) in [6.07, 6.45) is 0.260. The van der Waals surface area contributed by atoms with E-state index in [-0.39, 0.29) is 12.4 Å². The van der Waals surface area contributed by atoms with E-state index in [0.29, 0.717) is 39.7 Å². The number of allylic oxidation sites excluding steroid dienone is 3. The Kier molecular flexibility index (Phi) is 6.43. The fraction of sp³-hybridized carbons (Fsp3) is 0.227. The second kappa shape index (κ2) is 9.03. The van der Waals surface area contributed by atoms with Crippen molar-refractivity contribution < 1.29 is 27.2 Å². The van der Waals surface area contributed by atoms with Gasteiger partial charge in [0.1, 0.15) is 12.4 Å². The lowest BCUT2D eigenvalue weighted by molar-refractivity contribution is -0.274. The molecule has 0 bridgehead atoms. The minimum Gasteiger partial charge on any atom is -0.467 e. The van der Waals surface area contributed by atoms with Crippen molar-refractivity contribution in [3.05, 3.63) is 77.6 Å². The van der Waals surface area contributed by atoms with Gasteiger partial charge >= 0.3 is 6.36 Å². The fourth-order valence-electron chi connectivity index (χ4n) is 2.86. The predicted molar refractivity (Wildman–Crippen MR) is 108 cm³/mol. The first-order valence-electron chi connectivity index (χ1n) is 9.23. The molecule has 31 heavy (non-hydrogen) atoms. The van der Waals surface area contributed by atoms with Crippen molar-refractivity contribution in [2.75, 3.05) is 0 Å². The quantitative estimate of drug-likeness (QED) is 0.449. The van der Waals surface area contributed by atoms with Crippen LogP contribution in [0.4, 0.5) is 13.2 Å². The third kappa shape index (κ3) is 5.71. The first kappa shape index (κ1) is 22.1. The van der Waals surface area contributed by atoms with Crippen LogP contribution >= 0.6 is 0 Å². The van der Waals surface area contributed by atoms with Gasteiger partial charge < -0.3 is 14.0 Å². The standard InChI is InChI=1S/C22H20F3N3O3/c1-13(17-6-7-18(14(2)11-17)30-22(23,24)25)10-15(3)20-16(4)21(28-31-20)29-12-19-26-8-5-9-27-19/h5-11H,1,12H2,2-4H3. The number of aryl methyl sites for hydroxylation is 1. The molecule has 6 nitrogen and oxygen atoms in total. The van der Waals surface area contributed by atoms with Crippen molar-refractivity contribution in [2.45, 2.75) is 33.7 Å². The van der Waals surface area contributed by atoms with Gasteiger partial charge in [0.15, 0.2) is 11.6 Å². The summed E-state index contributed by atoms with van der Waals surface area (Å²) in [6, 6.07) is 6.07. The third-order valence-electron chi connectivity index (χ3n) is 4.36. The van der Waals surface area contributed by atoms with E-state index in [1.54, 1.807) is 37.5 Å². The van der Waals surface area contributed by atoms with E-state index >= 15 is 0 Å². The summed E-state index contributed by atoms with van der Waals surface area (Å²) < 4.78 is 52.4. The lowest BCUT2D eigenvalue weighted by Gasteiger charge is -2.12. The minimum atomic E-state index is -4.74. The van der Waals surface area contributed by atoms with Gasteiger partial charge in [-0.05, 0) is 72.5 Å². The van der Waals surface area contributed by atoms with Crippen molar-refractivity contribution in [3.8, 4) is 11.6 Å². The molecule has 2 aromatic heterocycles. The maximum Gasteiger partial charge on any atom is 0.573 e. The van der Waals surface area contributed by atoms with Crippen molar-refractivity contribution in [1.29, 1.82) is 0 Å². The lowest BCUT2D eigenvalue weighted by atomic mass is 10.0. The number of hydrogen-bond acceptors (Lipinski definition) is 6. The van der Waals surface area contributed by atoms with Crippen LogP contribution in [0.2, 0.25) is 0 Å². The van der Waals surface area contributed by atoms with Gasteiger partial charge in [0, 0.05) is 12.4 Å². The van der Waals surface area contributed by atoms with Gasteiger partial charge in [-0.25, -0.2) is 9.97 Å². The maximum atomic E-state index is 12.4. The summed E-state index contributed by atoms with van der Waals surface area (Å²) in [7, 11) is 0. The van der Waals surface area contributed by atoms with E-state index < -0.39 is 6.36 Å². The average molecular weight is 431 g/mol. The number of ether oxygens (including phenoxy) is 2. The first-order valence-corrected chi connectivity index (χ1v) is 9.23. The Morgan fingerprint density at radius 1 is 1.19 bits per heavy atom. The molecule has 0 spiro atoms. The summed E-state index contributed by atoms with van der Waals surface area (Å²) in [5.74, 6) is 1.10. The smallest absolute Gasteiger partial charge is 0.467 e. The van der Waals surface area contributed by atoms with Crippen LogP contribution in [-0.2, 0) is 6.61 Å². The molecule has 162 valence electrons. The molecular formula is C22H20F3N3O3. The highest BCUT2D eigenvalue weighted by Crippen LogP contribution is 2.31. The monoisotopic (exact) mass is 431 g/mol.